The number of nitrogens with zero attached hydrogens (tertiary/aromatic N) is 3. The first-order valence-corrected chi connectivity index (χ1v) is 21.3. The van der Waals surface area contributed by atoms with Crippen molar-refractivity contribution in [3.63, 3.8) is 0 Å². The van der Waals surface area contributed by atoms with Crippen molar-refractivity contribution in [3.8, 4) is 34.5 Å². The van der Waals surface area contributed by atoms with Crippen LogP contribution in [0.1, 0.15) is 47.3 Å². The van der Waals surface area contributed by atoms with Crippen LogP contribution in [0.2, 0.25) is 0 Å². The minimum Gasteiger partial charge on any atom is -0.508 e. The van der Waals surface area contributed by atoms with E-state index in [0.29, 0.717) is 47.7 Å². The number of phenols is 2. The molecule has 0 radical (unpaired) electrons. The van der Waals surface area contributed by atoms with Gasteiger partial charge in [-0.15, -0.1) is 0 Å². The highest BCUT2D eigenvalue weighted by Gasteiger charge is 2.71. The topological polar surface area (TPSA) is 267 Å². The number of allylic oxidation sites excluding steroid dienone is 1. The zero-order chi connectivity index (χ0) is 46.3. The second kappa shape index (κ2) is 17.6. The Morgan fingerprint density at radius 2 is 1.73 bits per heavy atom. The van der Waals surface area contributed by atoms with E-state index in [9.17, 15) is 40.5 Å². The van der Waals surface area contributed by atoms with Crippen LogP contribution in [0.15, 0.2) is 124 Å². The van der Waals surface area contributed by atoms with Gasteiger partial charge in [-0.25, -0.2) is 9.79 Å². The summed E-state index contributed by atoms with van der Waals surface area (Å²) in [5, 5.41) is 87.5. The molecule has 17 heteroatoms. The number of nitrogens with two attached hydrogens (primary N) is 1. The van der Waals surface area contributed by atoms with E-state index in [-0.39, 0.29) is 53.9 Å². The largest absolute Gasteiger partial charge is 0.508 e. The summed E-state index contributed by atoms with van der Waals surface area (Å²) in [5.74, 6) is -3.88. The number of hydrogen-bond acceptors (Lipinski definition) is 14. The smallest absolute Gasteiger partial charge is 0.336 e. The van der Waals surface area contributed by atoms with E-state index in [1.165, 1.54) is 30.6 Å². The molecule has 17 nitrogen and oxygen atoms in total. The molecule has 9 rings (SSSR count). The van der Waals surface area contributed by atoms with Gasteiger partial charge >= 0.3 is 11.8 Å². The molecule has 0 aromatic heterocycles. The number of benzene rings is 4. The molecule has 0 saturated carbocycles. The molecule has 4 heterocycles. The van der Waals surface area contributed by atoms with Crippen LogP contribution in [0.4, 0.5) is 0 Å². The molecule has 66 heavy (non-hydrogen) atoms. The molecule has 4 aromatic rings. The fourth-order valence-corrected chi connectivity index (χ4v) is 9.04. The summed E-state index contributed by atoms with van der Waals surface area (Å²) in [6.07, 6.45) is 1.25. The number of phenolic OH excluding ortho intramolecular Hbond substituents is 2. The van der Waals surface area contributed by atoms with Crippen molar-refractivity contribution in [1.82, 2.24) is 0 Å². The predicted molar refractivity (Wildman–Crippen MR) is 239 cm³/mol. The van der Waals surface area contributed by atoms with Gasteiger partial charge in [0.2, 0.25) is 12.0 Å². The molecule has 7 atom stereocenters. The van der Waals surface area contributed by atoms with Gasteiger partial charge in [-0.05, 0) is 76.5 Å². The molecule has 340 valence electrons. The van der Waals surface area contributed by atoms with Crippen LogP contribution in [0.5, 0.6) is 34.5 Å². The van der Waals surface area contributed by atoms with Crippen LogP contribution < -0.4 is 24.4 Å². The van der Waals surface area contributed by atoms with E-state index in [0.717, 1.165) is 16.8 Å². The number of aliphatic carboxylic acids is 1. The van der Waals surface area contributed by atoms with Crippen molar-refractivity contribution in [1.29, 1.82) is 0 Å². The lowest BCUT2D eigenvalue weighted by molar-refractivity contribution is -0.338. The van der Waals surface area contributed by atoms with Gasteiger partial charge in [0.1, 0.15) is 59.3 Å². The van der Waals surface area contributed by atoms with Gasteiger partial charge in [0, 0.05) is 24.6 Å². The molecule has 0 spiro atoms. The number of aliphatic imine (C=N–C) groups is 3. The number of ether oxygens (including phenoxy) is 5. The average Bonchev–Trinajstić information content (AvgIpc) is 3.98. The molecule has 1 fully saturated rings. The second-order valence-corrected chi connectivity index (χ2v) is 16.6. The summed E-state index contributed by atoms with van der Waals surface area (Å²) in [6.45, 7) is 1.99. The lowest BCUT2D eigenvalue weighted by atomic mass is 9.60. The van der Waals surface area contributed by atoms with E-state index < -0.39 is 59.2 Å². The second-order valence-electron chi connectivity index (χ2n) is 16.6. The van der Waals surface area contributed by atoms with Crippen molar-refractivity contribution in [2.75, 3.05) is 13.2 Å². The molecule has 5 aliphatic rings. The maximum absolute atomic E-state index is 13.1. The van der Waals surface area contributed by atoms with E-state index in [2.05, 4.69) is 15.0 Å². The Morgan fingerprint density at radius 3 is 2.42 bits per heavy atom. The zero-order valence-corrected chi connectivity index (χ0v) is 35.5. The van der Waals surface area contributed by atoms with Crippen LogP contribution in [0, 0.1) is 5.92 Å². The lowest BCUT2D eigenvalue weighted by Crippen LogP contribution is -2.79. The van der Waals surface area contributed by atoms with Crippen molar-refractivity contribution in [2.45, 2.75) is 68.6 Å². The summed E-state index contributed by atoms with van der Waals surface area (Å²) in [6, 6.07) is 22.1. The minimum absolute atomic E-state index is 0.00538. The van der Waals surface area contributed by atoms with Crippen LogP contribution >= 0.6 is 0 Å². The van der Waals surface area contributed by atoms with Crippen LogP contribution in [-0.4, -0.2) is 108 Å². The van der Waals surface area contributed by atoms with Gasteiger partial charge in [-0.1, -0.05) is 61.0 Å². The molecule has 0 amide bonds. The van der Waals surface area contributed by atoms with Crippen molar-refractivity contribution >= 4 is 35.3 Å². The summed E-state index contributed by atoms with van der Waals surface area (Å²) in [7, 11) is 0. The Bertz CT molecular complexity index is 2770. The predicted octanol–water partition coefficient (Wildman–Crippen LogP) is 3.50. The van der Waals surface area contributed by atoms with Gasteiger partial charge < -0.3 is 59.4 Å². The number of hydrogen-bond donors (Lipinski definition) is 8. The quantitative estimate of drug-likeness (QED) is 0.0796. The van der Waals surface area contributed by atoms with E-state index in [4.69, 9.17) is 29.1 Å². The van der Waals surface area contributed by atoms with E-state index >= 15 is 0 Å². The molecular formula is C49H47N4O13+. The standard InChI is InChI=1S/C49H46N4O13/c1-2-26-16-28(19-32(54)18-26)24-63-43-38(21-37-40(42(43)56)35(55)20-36(64-37)29-8-11-33(12-9-29)62-15-14-31-10-13-39(50)53-31)65-47-48(60)22-30(17-27-6-4-3-5-7-27)41(34-23-51-25-52-34)49(61,46(48)59)44(66-47)45(57)58/h3-13,16,18-22,25,36,41,44,46-47,50,54-56,59-61H,2,14-15,17,23-24H2,1H3,(H,57,58)/p+1. The normalized spacial score (nSPS) is 26.1. The first-order valence-electron chi connectivity index (χ1n) is 21.3. The number of aryl methyl sites for hydroxylation is 1. The fourth-order valence-electron chi connectivity index (χ4n) is 9.04. The maximum Gasteiger partial charge on any atom is 0.336 e. The lowest BCUT2D eigenvalue weighted by Gasteiger charge is -2.57. The third-order valence-corrected chi connectivity index (χ3v) is 12.2. The zero-order valence-electron chi connectivity index (χ0n) is 35.5. The number of rotatable bonds is 15. The van der Waals surface area contributed by atoms with Crippen molar-refractivity contribution in [3.05, 3.63) is 137 Å². The monoisotopic (exact) mass is 899 g/mol. The Kier molecular flexibility index (Phi) is 11.7. The highest BCUT2D eigenvalue weighted by Crippen LogP contribution is 2.54. The van der Waals surface area contributed by atoms with Gasteiger partial charge in [0.15, 0.2) is 28.9 Å². The number of amidine groups is 1. The highest BCUT2D eigenvalue weighted by atomic mass is 16.7. The SMILES string of the molecule is CCc1cc(O)cc(COc2c(OC3OC(C(=O)O)C4(O)C(C5=NC=NC5)C(Cc5ccccc5)=CC3(O)C4O)cc3c(c2O)C(O)=CC(c2ccc(OCCC4=NC(=[NH2+])C=C4)cc2)O3)c1. The molecule has 7 unspecified atom stereocenters. The number of carboxylic acid groups (broad SMARTS) is 1. The van der Waals surface area contributed by atoms with Crippen LogP contribution in [-0.2, 0) is 29.0 Å². The average molecular weight is 900 g/mol. The van der Waals surface area contributed by atoms with E-state index in [1.54, 1.807) is 54.6 Å². The summed E-state index contributed by atoms with van der Waals surface area (Å²) in [4.78, 5) is 25.8. The molecule has 4 aliphatic heterocycles. The third-order valence-electron chi connectivity index (χ3n) is 12.2. The Hall–Kier alpha value is -7.31. The Morgan fingerprint density at radius 1 is 0.955 bits per heavy atom. The summed E-state index contributed by atoms with van der Waals surface area (Å²) in [5.41, 5.74) is -1.53. The third kappa shape index (κ3) is 8.17. The number of aromatic hydroxyl groups is 2. The van der Waals surface area contributed by atoms with Gasteiger partial charge in [0.25, 0.3) is 0 Å². The number of aliphatic hydroxyl groups is 4. The van der Waals surface area contributed by atoms with Crippen LogP contribution in [0.25, 0.3) is 5.76 Å². The van der Waals surface area contributed by atoms with Gasteiger partial charge in [0.05, 0.1) is 24.8 Å². The number of aliphatic hydroxyl groups excluding tert-OH is 2. The summed E-state index contributed by atoms with van der Waals surface area (Å²) < 4.78 is 30.8. The van der Waals surface area contributed by atoms with E-state index in [1.807, 2.05) is 31.2 Å². The first kappa shape index (κ1) is 43.9. The Balaban J connectivity index is 1.08. The van der Waals surface area contributed by atoms with Gasteiger partial charge in [-0.2, -0.15) is 0 Å². The molecule has 1 aliphatic carbocycles. The minimum atomic E-state index is -2.70. The Labute approximate surface area is 377 Å². The fraction of sp³-hybridized carbons (Fsp3) is 0.286. The van der Waals surface area contributed by atoms with Crippen molar-refractivity contribution in [2.24, 2.45) is 20.9 Å². The maximum atomic E-state index is 13.1. The number of carbonyl (C=O) groups is 1. The molecule has 1 saturated heterocycles. The number of carboxylic acids is 1. The summed E-state index contributed by atoms with van der Waals surface area (Å²) >= 11 is 0. The molecule has 9 N–H and O–H groups in total. The van der Waals surface area contributed by atoms with Crippen molar-refractivity contribution < 1.29 is 69.6 Å². The molecule has 4 aromatic carbocycles. The first-order chi connectivity index (χ1) is 31.7. The molecule has 2 bridgehead atoms. The highest BCUT2D eigenvalue weighted by molar-refractivity contribution is 6.13. The van der Waals surface area contributed by atoms with Crippen LogP contribution in [0.3, 0.4) is 0 Å². The number of fused-ring (bicyclic) bond motifs is 3. The van der Waals surface area contributed by atoms with Gasteiger partial charge in [-0.3, -0.25) is 10.4 Å². The molecular weight excluding hydrogens is 853 g/mol.